The van der Waals surface area contributed by atoms with Crippen molar-refractivity contribution in [3.05, 3.63) is 28.8 Å². The Morgan fingerprint density at radius 3 is 2.81 bits per heavy atom. The number of rotatable bonds is 3. The fourth-order valence-corrected chi connectivity index (χ4v) is 1.95. The molecule has 1 saturated carbocycles. The molecule has 0 heterocycles. The first-order valence-corrected chi connectivity index (χ1v) is 5.88. The molecule has 0 unspecified atom stereocenters. The smallest absolute Gasteiger partial charge is 0.253 e. The van der Waals surface area contributed by atoms with Gasteiger partial charge in [0.1, 0.15) is 0 Å². The van der Waals surface area contributed by atoms with E-state index >= 15 is 0 Å². The highest BCUT2D eigenvalue weighted by molar-refractivity contribution is 6.31. The maximum atomic E-state index is 11.8. The third-order valence-corrected chi connectivity index (χ3v) is 3.27. The molecule has 4 heteroatoms. The van der Waals surface area contributed by atoms with E-state index < -0.39 is 0 Å². The molecule has 1 aliphatic rings. The van der Waals surface area contributed by atoms with Crippen molar-refractivity contribution < 1.29 is 4.79 Å². The van der Waals surface area contributed by atoms with Gasteiger partial charge in [-0.3, -0.25) is 4.79 Å². The zero-order valence-corrected chi connectivity index (χ0v) is 9.76. The summed E-state index contributed by atoms with van der Waals surface area (Å²) in [7, 11) is 0. The van der Waals surface area contributed by atoms with Crippen LogP contribution in [0.3, 0.4) is 0 Å². The summed E-state index contributed by atoms with van der Waals surface area (Å²) in [5.41, 5.74) is 6.66. The third kappa shape index (κ3) is 2.47. The summed E-state index contributed by atoms with van der Waals surface area (Å²) in [5.74, 6) is 0.540. The minimum absolute atomic E-state index is 0.110. The molecule has 1 fully saturated rings. The number of benzene rings is 1. The van der Waals surface area contributed by atoms with Gasteiger partial charge in [0.05, 0.1) is 5.56 Å². The van der Waals surface area contributed by atoms with Crippen LogP contribution in [0.5, 0.6) is 0 Å². The van der Waals surface area contributed by atoms with Gasteiger partial charge in [-0.05, 0) is 37.0 Å². The second-order valence-electron chi connectivity index (χ2n) is 4.24. The number of carbonyl (C=O) groups excluding carboxylic acids is 1. The summed E-state index contributed by atoms with van der Waals surface area (Å²) < 4.78 is 0. The zero-order valence-electron chi connectivity index (χ0n) is 9.00. The number of nitrogens with two attached hydrogens (primary N) is 1. The van der Waals surface area contributed by atoms with Gasteiger partial charge in [0.2, 0.25) is 0 Å². The third-order valence-electron chi connectivity index (χ3n) is 3.03. The molecule has 86 valence electrons. The molecule has 0 spiro atoms. The fraction of sp³-hybridized carbons (Fsp3) is 0.417. The lowest BCUT2D eigenvalue weighted by Crippen LogP contribution is -2.32. The first kappa shape index (κ1) is 11.3. The predicted octanol–water partition coefficient (Wildman–Crippen LogP) is 2.45. The summed E-state index contributed by atoms with van der Waals surface area (Å²) >= 11 is 5.77. The molecule has 1 aromatic rings. The minimum atomic E-state index is -0.110. The predicted molar refractivity (Wildman–Crippen MR) is 65.5 cm³/mol. The first-order valence-electron chi connectivity index (χ1n) is 5.50. The fourth-order valence-electron chi connectivity index (χ4n) is 1.77. The number of hydrogen-bond acceptors (Lipinski definition) is 2. The minimum Gasteiger partial charge on any atom is -0.398 e. The quantitative estimate of drug-likeness (QED) is 0.795. The zero-order chi connectivity index (χ0) is 11.5. The van der Waals surface area contributed by atoms with Gasteiger partial charge in [0.15, 0.2) is 0 Å². The molecule has 0 atom stereocenters. The second-order valence-corrected chi connectivity index (χ2v) is 4.67. The summed E-state index contributed by atoms with van der Waals surface area (Å²) in [4.78, 5) is 11.8. The van der Waals surface area contributed by atoms with Crippen LogP contribution >= 0.6 is 11.6 Å². The molecule has 1 amide bonds. The Hall–Kier alpha value is -1.22. The number of amides is 1. The van der Waals surface area contributed by atoms with E-state index in [9.17, 15) is 4.79 Å². The normalized spacial score (nSPS) is 15.6. The highest BCUT2D eigenvalue weighted by Crippen LogP contribution is 2.25. The topological polar surface area (TPSA) is 55.1 Å². The molecular formula is C12H15ClN2O. The van der Waals surface area contributed by atoms with Crippen LogP contribution < -0.4 is 11.1 Å². The van der Waals surface area contributed by atoms with Crippen LogP contribution in [-0.2, 0) is 0 Å². The van der Waals surface area contributed by atoms with E-state index in [1.54, 1.807) is 18.2 Å². The first-order chi connectivity index (χ1) is 7.66. The van der Waals surface area contributed by atoms with E-state index in [4.69, 9.17) is 17.3 Å². The Bertz CT molecular complexity index is 402. The molecule has 0 bridgehead atoms. The van der Waals surface area contributed by atoms with Crippen molar-refractivity contribution in [3.8, 4) is 0 Å². The van der Waals surface area contributed by atoms with Crippen LogP contribution in [-0.4, -0.2) is 12.5 Å². The lowest BCUT2D eigenvalue weighted by atomic mass is 9.85. The number of hydrogen-bond donors (Lipinski definition) is 2. The van der Waals surface area contributed by atoms with Crippen LogP contribution in [0.2, 0.25) is 5.02 Å². The van der Waals surface area contributed by atoms with E-state index in [0.29, 0.717) is 22.2 Å². The average molecular weight is 239 g/mol. The Morgan fingerprint density at radius 1 is 1.50 bits per heavy atom. The Balaban J connectivity index is 1.96. The summed E-state index contributed by atoms with van der Waals surface area (Å²) in [5, 5.41) is 3.45. The van der Waals surface area contributed by atoms with Crippen LogP contribution in [0.15, 0.2) is 18.2 Å². The molecule has 3 nitrogen and oxygen atoms in total. The van der Waals surface area contributed by atoms with Crippen molar-refractivity contribution in [2.75, 3.05) is 12.3 Å². The van der Waals surface area contributed by atoms with Crippen LogP contribution in [0.25, 0.3) is 0 Å². The Labute approximate surface area is 100.0 Å². The lowest BCUT2D eigenvalue weighted by molar-refractivity contribution is 0.0940. The SMILES string of the molecule is Nc1cc(Cl)ccc1C(=O)NCC1CCC1. The van der Waals surface area contributed by atoms with E-state index in [1.807, 2.05) is 0 Å². The molecule has 0 saturated heterocycles. The average Bonchev–Trinajstić information content (AvgIpc) is 2.14. The van der Waals surface area contributed by atoms with Gasteiger partial charge in [-0.25, -0.2) is 0 Å². The molecule has 3 N–H and O–H groups in total. The van der Waals surface area contributed by atoms with Crippen LogP contribution in [0.1, 0.15) is 29.6 Å². The van der Waals surface area contributed by atoms with E-state index in [-0.39, 0.29) is 5.91 Å². The molecule has 1 aliphatic carbocycles. The van der Waals surface area contributed by atoms with Gasteiger partial charge in [-0.1, -0.05) is 18.0 Å². The number of anilines is 1. The van der Waals surface area contributed by atoms with Crippen LogP contribution in [0, 0.1) is 5.92 Å². The largest absolute Gasteiger partial charge is 0.398 e. The van der Waals surface area contributed by atoms with Crippen molar-refractivity contribution in [3.63, 3.8) is 0 Å². The van der Waals surface area contributed by atoms with E-state index in [2.05, 4.69) is 5.32 Å². The molecule has 0 radical (unpaired) electrons. The molecule has 0 aromatic heterocycles. The number of nitrogen functional groups attached to an aromatic ring is 1. The summed E-state index contributed by atoms with van der Waals surface area (Å²) in [6.45, 7) is 0.751. The van der Waals surface area contributed by atoms with Crippen LogP contribution in [0.4, 0.5) is 5.69 Å². The number of carbonyl (C=O) groups is 1. The number of halogens is 1. The van der Waals surface area contributed by atoms with Gasteiger partial charge in [0, 0.05) is 17.3 Å². The Morgan fingerprint density at radius 2 is 2.25 bits per heavy atom. The maximum Gasteiger partial charge on any atom is 0.253 e. The van der Waals surface area contributed by atoms with Crippen molar-refractivity contribution in [1.82, 2.24) is 5.32 Å². The van der Waals surface area contributed by atoms with Crippen molar-refractivity contribution in [2.45, 2.75) is 19.3 Å². The van der Waals surface area contributed by atoms with Crippen molar-refractivity contribution in [1.29, 1.82) is 0 Å². The standard InChI is InChI=1S/C12H15ClN2O/c13-9-4-5-10(11(14)6-9)12(16)15-7-8-2-1-3-8/h4-6,8H,1-3,7,14H2,(H,15,16). The molecule has 0 aliphatic heterocycles. The maximum absolute atomic E-state index is 11.8. The van der Waals surface area contributed by atoms with Gasteiger partial charge in [-0.15, -0.1) is 0 Å². The molecule has 1 aromatic carbocycles. The summed E-state index contributed by atoms with van der Waals surface area (Å²) in [6, 6.07) is 4.93. The van der Waals surface area contributed by atoms with Gasteiger partial charge in [-0.2, -0.15) is 0 Å². The Kier molecular flexibility index (Phi) is 3.34. The summed E-state index contributed by atoms with van der Waals surface area (Å²) in [6.07, 6.45) is 3.72. The highest BCUT2D eigenvalue weighted by Gasteiger charge is 2.18. The van der Waals surface area contributed by atoms with Gasteiger partial charge < -0.3 is 11.1 Å². The van der Waals surface area contributed by atoms with E-state index in [1.165, 1.54) is 19.3 Å². The highest BCUT2D eigenvalue weighted by atomic mass is 35.5. The van der Waals surface area contributed by atoms with Gasteiger partial charge >= 0.3 is 0 Å². The van der Waals surface area contributed by atoms with Crippen molar-refractivity contribution >= 4 is 23.2 Å². The molecule has 2 rings (SSSR count). The molecular weight excluding hydrogens is 224 g/mol. The number of nitrogens with one attached hydrogen (secondary N) is 1. The molecule has 16 heavy (non-hydrogen) atoms. The van der Waals surface area contributed by atoms with Crippen molar-refractivity contribution in [2.24, 2.45) is 5.92 Å². The van der Waals surface area contributed by atoms with Gasteiger partial charge in [0.25, 0.3) is 5.91 Å². The second kappa shape index (κ2) is 4.74. The monoisotopic (exact) mass is 238 g/mol. The lowest BCUT2D eigenvalue weighted by Gasteiger charge is -2.25. The van der Waals surface area contributed by atoms with E-state index in [0.717, 1.165) is 6.54 Å².